The smallest absolute Gasteiger partial charge is 0.211 e. The van der Waals surface area contributed by atoms with Gasteiger partial charge in [-0.1, -0.05) is 19.1 Å². The van der Waals surface area contributed by atoms with Gasteiger partial charge in [0.25, 0.3) is 0 Å². The molecule has 0 spiro atoms. The molecule has 2 rings (SSSR count). The molecule has 7 nitrogen and oxygen atoms in total. The summed E-state index contributed by atoms with van der Waals surface area (Å²) in [6, 6.07) is 8.80. The average molecular weight is 538 g/mol. The number of rotatable bonds is 9. The highest BCUT2D eigenvalue weighted by Gasteiger charge is 2.15. The summed E-state index contributed by atoms with van der Waals surface area (Å²) in [6.45, 7) is 7.91. The molecule has 0 bridgehead atoms. The molecule has 1 aliphatic heterocycles. The van der Waals surface area contributed by atoms with E-state index in [-0.39, 0.29) is 30.0 Å². The van der Waals surface area contributed by atoms with Gasteiger partial charge in [0.15, 0.2) is 5.96 Å². The summed E-state index contributed by atoms with van der Waals surface area (Å²) in [6.07, 6.45) is 4.51. The monoisotopic (exact) mass is 537 g/mol. The third-order valence-corrected chi connectivity index (χ3v) is 6.50. The molecule has 1 saturated heterocycles. The second kappa shape index (κ2) is 12.6. The number of anilines is 1. The first-order valence-corrected chi connectivity index (χ1v) is 12.0. The maximum atomic E-state index is 11.6. The minimum Gasteiger partial charge on any atom is -0.372 e. The fraction of sp³-hybridized carbons (Fsp3) is 0.650. The lowest BCUT2D eigenvalue weighted by Gasteiger charge is -2.22. The molecule has 0 saturated carbocycles. The minimum atomic E-state index is -3.13. The molecule has 1 aromatic carbocycles. The highest BCUT2D eigenvalue weighted by atomic mass is 127. The zero-order valence-corrected chi connectivity index (χ0v) is 21.2. The summed E-state index contributed by atoms with van der Waals surface area (Å²) in [4.78, 5) is 6.73. The molecule has 0 amide bonds. The molecule has 2 N–H and O–H groups in total. The van der Waals surface area contributed by atoms with E-state index in [2.05, 4.69) is 51.7 Å². The Morgan fingerprint density at radius 2 is 2.00 bits per heavy atom. The van der Waals surface area contributed by atoms with Gasteiger partial charge in [0.2, 0.25) is 10.0 Å². The highest BCUT2D eigenvalue weighted by molar-refractivity contribution is 14.0. The van der Waals surface area contributed by atoms with Gasteiger partial charge in [-0.05, 0) is 43.9 Å². The number of halogens is 1. The van der Waals surface area contributed by atoms with Crippen molar-refractivity contribution in [1.82, 2.24) is 14.9 Å². The van der Waals surface area contributed by atoms with E-state index in [0.717, 1.165) is 25.5 Å². The second-order valence-corrected chi connectivity index (χ2v) is 9.24. The predicted octanol–water partition coefficient (Wildman–Crippen LogP) is 2.80. The Kier molecular flexibility index (Phi) is 11.3. The minimum absolute atomic E-state index is 0. The van der Waals surface area contributed by atoms with Gasteiger partial charge in [0.1, 0.15) is 0 Å². The number of hydrogen-bond acceptors (Lipinski definition) is 4. The first-order valence-electron chi connectivity index (χ1n) is 10.1. The van der Waals surface area contributed by atoms with Crippen LogP contribution in [0.25, 0.3) is 0 Å². The molecule has 1 atom stereocenters. The van der Waals surface area contributed by atoms with Crippen molar-refractivity contribution in [2.24, 2.45) is 4.99 Å². The number of sulfonamides is 1. The summed E-state index contributed by atoms with van der Waals surface area (Å²) < 4.78 is 24.8. The zero-order chi connectivity index (χ0) is 20.6. The Bertz CT molecular complexity index is 751. The SMILES string of the molecule is CCN(CCCNC(=NC)NC(C)c1cccc(N2CCCC2)c1)S(C)(=O)=O.I. The summed E-state index contributed by atoms with van der Waals surface area (Å²) in [5.74, 6) is 0.724. The van der Waals surface area contributed by atoms with E-state index in [1.165, 1.54) is 34.7 Å². The molecule has 1 heterocycles. The predicted molar refractivity (Wildman–Crippen MR) is 133 cm³/mol. The summed E-state index contributed by atoms with van der Waals surface area (Å²) in [5, 5.41) is 6.70. The van der Waals surface area contributed by atoms with Gasteiger partial charge < -0.3 is 15.5 Å². The van der Waals surface area contributed by atoms with Crippen molar-refractivity contribution in [2.75, 3.05) is 50.9 Å². The Hall–Kier alpha value is -1.07. The van der Waals surface area contributed by atoms with Gasteiger partial charge >= 0.3 is 0 Å². The van der Waals surface area contributed by atoms with Crippen LogP contribution in [-0.2, 0) is 10.0 Å². The molecule has 1 unspecified atom stereocenters. The third-order valence-electron chi connectivity index (χ3n) is 5.12. The number of nitrogens with one attached hydrogen (secondary N) is 2. The van der Waals surface area contributed by atoms with Crippen LogP contribution in [0.5, 0.6) is 0 Å². The van der Waals surface area contributed by atoms with E-state index in [9.17, 15) is 8.42 Å². The molecule has 9 heteroatoms. The van der Waals surface area contributed by atoms with Crippen molar-refractivity contribution in [3.05, 3.63) is 29.8 Å². The third kappa shape index (κ3) is 8.29. The van der Waals surface area contributed by atoms with Crippen LogP contribution in [0.3, 0.4) is 0 Å². The van der Waals surface area contributed by atoms with Crippen LogP contribution in [0.2, 0.25) is 0 Å². The summed E-state index contributed by atoms with van der Waals surface area (Å²) in [5.41, 5.74) is 2.51. The van der Waals surface area contributed by atoms with Crippen LogP contribution in [0.4, 0.5) is 5.69 Å². The highest BCUT2D eigenvalue weighted by Crippen LogP contribution is 2.23. The Balaban J connectivity index is 0.00000420. The van der Waals surface area contributed by atoms with Crippen LogP contribution in [0.15, 0.2) is 29.3 Å². The van der Waals surface area contributed by atoms with Gasteiger partial charge in [0.05, 0.1) is 12.3 Å². The Morgan fingerprint density at radius 1 is 1.31 bits per heavy atom. The molecule has 1 aliphatic rings. The van der Waals surface area contributed by atoms with Crippen LogP contribution < -0.4 is 15.5 Å². The van der Waals surface area contributed by atoms with Crippen molar-refractivity contribution in [3.63, 3.8) is 0 Å². The lowest BCUT2D eigenvalue weighted by molar-refractivity contribution is 0.424. The largest absolute Gasteiger partial charge is 0.372 e. The molecule has 1 aromatic rings. The molecular formula is C20H36IN5O2S. The molecule has 0 aliphatic carbocycles. The van der Waals surface area contributed by atoms with Crippen LogP contribution in [0.1, 0.15) is 44.7 Å². The van der Waals surface area contributed by atoms with E-state index in [0.29, 0.717) is 19.6 Å². The molecule has 0 radical (unpaired) electrons. The molecule has 1 fully saturated rings. The topological polar surface area (TPSA) is 77.0 Å². The fourth-order valence-electron chi connectivity index (χ4n) is 3.47. The standard InChI is InChI=1S/C20H35N5O2S.HI/c1-5-25(28(4,26)27)15-9-12-22-20(21-3)23-17(2)18-10-8-11-19(16-18)24-13-6-7-14-24;/h8,10-11,16-17H,5-7,9,12-15H2,1-4H3,(H2,21,22,23);1H. The quantitative estimate of drug-likeness (QED) is 0.219. The number of benzene rings is 1. The van der Waals surface area contributed by atoms with Crippen molar-refractivity contribution in [3.8, 4) is 0 Å². The number of nitrogens with zero attached hydrogens (tertiary/aromatic N) is 3. The summed E-state index contributed by atoms with van der Waals surface area (Å²) >= 11 is 0. The van der Waals surface area contributed by atoms with Crippen LogP contribution in [-0.4, -0.2) is 64.7 Å². The van der Waals surface area contributed by atoms with Crippen LogP contribution in [0, 0.1) is 0 Å². The zero-order valence-electron chi connectivity index (χ0n) is 18.0. The fourth-order valence-corrected chi connectivity index (χ4v) is 4.40. The maximum Gasteiger partial charge on any atom is 0.211 e. The molecule has 166 valence electrons. The van der Waals surface area contributed by atoms with E-state index < -0.39 is 10.0 Å². The molecular weight excluding hydrogens is 501 g/mol. The first kappa shape index (κ1) is 26.0. The van der Waals surface area contributed by atoms with Gasteiger partial charge in [-0.15, -0.1) is 24.0 Å². The number of aliphatic imine (C=N–C) groups is 1. The molecule has 29 heavy (non-hydrogen) atoms. The Morgan fingerprint density at radius 3 is 2.59 bits per heavy atom. The Labute approximate surface area is 193 Å². The number of hydrogen-bond donors (Lipinski definition) is 2. The lowest BCUT2D eigenvalue weighted by Crippen LogP contribution is -2.40. The normalized spacial score (nSPS) is 15.9. The van der Waals surface area contributed by atoms with E-state index in [4.69, 9.17) is 0 Å². The van der Waals surface area contributed by atoms with Gasteiger partial charge in [-0.3, -0.25) is 4.99 Å². The van der Waals surface area contributed by atoms with E-state index >= 15 is 0 Å². The maximum absolute atomic E-state index is 11.6. The van der Waals surface area contributed by atoms with Crippen molar-refractivity contribution in [1.29, 1.82) is 0 Å². The first-order chi connectivity index (χ1) is 13.3. The number of guanidine groups is 1. The van der Waals surface area contributed by atoms with Crippen molar-refractivity contribution >= 4 is 45.6 Å². The summed E-state index contributed by atoms with van der Waals surface area (Å²) in [7, 11) is -1.38. The molecule has 0 aromatic heterocycles. The van der Waals surface area contributed by atoms with Crippen LogP contribution >= 0.6 is 24.0 Å². The second-order valence-electron chi connectivity index (χ2n) is 7.26. The average Bonchev–Trinajstić information content (AvgIpc) is 3.20. The van der Waals surface area contributed by atoms with Gasteiger partial charge in [0, 0.05) is 45.5 Å². The van der Waals surface area contributed by atoms with E-state index in [1.807, 2.05) is 6.92 Å². The lowest BCUT2D eigenvalue weighted by atomic mass is 10.1. The van der Waals surface area contributed by atoms with Crippen molar-refractivity contribution in [2.45, 2.75) is 39.2 Å². The van der Waals surface area contributed by atoms with Gasteiger partial charge in [-0.25, -0.2) is 12.7 Å². The van der Waals surface area contributed by atoms with Crippen molar-refractivity contribution < 1.29 is 8.42 Å². The van der Waals surface area contributed by atoms with Gasteiger partial charge in [-0.2, -0.15) is 0 Å². The van der Waals surface area contributed by atoms with E-state index in [1.54, 1.807) is 7.05 Å².